The Hall–Kier alpha value is -1.00. The third-order valence-electron chi connectivity index (χ3n) is 3.57. The summed E-state index contributed by atoms with van der Waals surface area (Å²) in [5, 5.41) is 7.95. The number of rotatable bonds is 6. The van der Waals surface area contributed by atoms with Crippen LogP contribution in [0, 0.1) is 0 Å². The molecule has 0 bridgehead atoms. The minimum atomic E-state index is -0.347. The van der Waals surface area contributed by atoms with Crippen molar-refractivity contribution in [3.05, 3.63) is 24.2 Å². The first-order valence-corrected chi connectivity index (χ1v) is 7.86. The van der Waals surface area contributed by atoms with E-state index in [2.05, 4.69) is 42.2 Å². The minimum absolute atomic E-state index is 0.347. The summed E-state index contributed by atoms with van der Waals surface area (Å²) in [6.07, 6.45) is 4.41. The van der Waals surface area contributed by atoms with Crippen LogP contribution in [-0.4, -0.2) is 31.9 Å². The second-order valence-electron chi connectivity index (χ2n) is 5.36. The predicted octanol–water partition coefficient (Wildman–Crippen LogP) is 3.89. The number of aromatic nitrogens is 3. The molecule has 2 heterocycles. The van der Waals surface area contributed by atoms with E-state index in [0.29, 0.717) is 17.7 Å². The lowest BCUT2D eigenvalue weighted by molar-refractivity contribution is 0.558. The Labute approximate surface area is 129 Å². The summed E-state index contributed by atoms with van der Waals surface area (Å²) in [6.45, 7) is 6.31. The maximum atomic E-state index is 6.08. The standard InChI is InChI=1S/C14H20Cl2N4/c1-4-14(8-15,9-16)18-13-12-7-11(10(2)3)19-20(12)6-5-17-13/h5-7,10H,4,8-9H2,1-3H3,(H,17,18). The maximum absolute atomic E-state index is 6.08. The van der Waals surface area contributed by atoms with E-state index in [1.165, 1.54) is 0 Å². The molecule has 2 aromatic rings. The molecule has 0 aliphatic rings. The fourth-order valence-electron chi connectivity index (χ4n) is 1.95. The van der Waals surface area contributed by atoms with Crippen molar-refractivity contribution in [2.45, 2.75) is 38.6 Å². The Morgan fingerprint density at radius 1 is 1.35 bits per heavy atom. The number of halogens is 2. The zero-order chi connectivity index (χ0) is 14.8. The molecule has 20 heavy (non-hydrogen) atoms. The Morgan fingerprint density at radius 2 is 2.05 bits per heavy atom. The van der Waals surface area contributed by atoms with Crippen LogP contribution in [0.25, 0.3) is 5.52 Å². The van der Waals surface area contributed by atoms with Gasteiger partial charge in [-0.05, 0) is 18.4 Å². The fourth-order valence-corrected chi connectivity index (χ4v) is 2.75. The third-order valence-corrected chi connectivity index (χ3v) is 4.60. The lowest BCUT2D eigenvalue weighted by atomic mass is 10.0. The summed E-state index contributed by atoms with van der Waals surface area (Å²) in [4.78, 5) is 4.42. The van der Waals surface area contributed by atoms with Crippen molar-refractivity contribution in [2.75, 3.05) is 17.1 Å². The average molecular weight is 315 g/mol. The first-order chi connectivity index (χ1) is 9.55. The Morgan fingerprint density at radius 3 is 2.60 bits per heavy atom. The van der Waals surface area contributed by atoms with E-state index in [4.69, 9.17) is 23.2 Å². The Balaban J connectivity index is 2.44. The number of alkyl halides is 2. The van der Waals surface area contributed by atoms with Gasteiger partial charge in [-0.1, -0.05) is 20.8 Å². The second-order valence-corrected chi connectivity index (χ2v) is 5.89. The van der Waals surface area contributed by atoms with Crippen molar-refractivity contribution in [3.8, 4) is 0 Å². The monoisotopic (exact) mass is 314 g/mol. The van der Waals surface area contributed by atoms with Gasteiger partial charge in [0, 0.05) is 24.2 Å². The molecular weight excluding hydrogens is 295 g/mol. The van der Waals surface area contributed by atoms with E-state index in [1.807, 2.05) is 10.7 Å². The van der Waals surface area contributed by atoms with Gasteiger partial charge in [-0.3, -0.25) is 0 Å². The minimum Gasteiger partial charge on any atom is -0.360 e. The molecule has 0 aliphatic heterocycles. The summed E-state index contributed by atoms with van der Waals surface area (Å²) >= 11 is 12.2. The van der Waals surface area contributed by atoms with Crippen molar-refractivity contribution >= 4 is 34.5 Å². The van der Waals surface area contributed by atoms with Gasteiger partial charge >= 0.3 is 0 Å². The summed E-state index contributed by atoms with van der Waals surface area (Å²) in [7, 11) is 0. The van der Waals surface area contributed by atoms with E-state index in [-0.39, 0.29) is 5.54 Å². The van der Waals surface area contributed by atoms with Crippen LogP contribution in [0.3, 0.4) is 0 Å². The second kappa shape index (κ2) is 6.19. The zero-order valence-electron chi connectivity index (χ0n) is 12.0. The first-order valence-electron chi connectivity index (χ1n) is 6.79. The van der Waals surface area contributed by atoms with Gasteiger partial charge in [0.2, 0.25) is 0 Å². The highest BCUT2D eigenvalue weighted by Gasteiger charge is 2.27. The van der Waals surface area contributed by atoms with E-state index < -0.39 is 0 Å². The Kier molecular flexibility index (Phi) is 4.76. The maximum Gasteiger partial charge on any atom is 0.152 e. The van der Waals surface area contributed by atoms with Crippen LogP contribution >= 0.6 is 23.2 Å². The van der Waals surface area contributed by atoms with Crippen molar-refractivity contribution < 1.29 is 0 Å². The Bertz CT molecular complexity index is 567. The third kappa shape index (κ3) is 2.86. The lowest BCUT2D eigenvalue weighted by Gasteiger charge is -2.30. The van der Waals surface area contributed by atoms with Crippen molar-refractivity contribution in [1.82, 2.24) is 14.6 Å². The largest absolute Gasteiger partial charge is 0.360 e. The van der Waals surface area contributed by atoms with Gasteiger partial charge in [-0.15, -0.1) is 23.2 Å². The van der Waals surface area contributed by atoms with E-state index in [9.17, 15) is 0 Å². The van der Waals surface area contributed by atoms with Gasteiger partial charge in [-0.25, -0.2) is 9.50 Å². The number of fused-ring (bicyclic) bond motifs is 1. The molecular formula is C14H20Cl2N4. The quantitative estimate of drug-likeness (QED) is 0.822. The van der Waals surface area contributed by atoms with Crippen LogP contribution in [0.4, 0.5) is 5.82 Å². The van der Waals surface area contributed by atoms with Crippen molar-refractivity contribution in [1.29, 1.82) is 0 Å². The van der Waals surface area contributed by atoms with Gasteiger partial charge in [0.05, 0.1) is 11.2 Å². The predicted molar refractivity (Wildman–Crippen MR) is 85.2 cm³/mol. The smallest absolute Gasteiger partial charge is 0.152 e. The highest BCUT2D eigenvalue weighted by molar-refractivity contribution is 6.22. The molecule has 2 rings (SSSR count). The number of nitrogens with one attached hydrogen (secondary N) is 1. The van der Waals surface area contributed by atoms with Gasteiger partial charge < -0.3 is 5.32 Å². The van der Waals surface area contributed by atoms with Crippen LogP contribution in [0.1, 0.15) is 38.8 Å². The number of hydrogen-bond acceptors (Lipinski definition) is 3. The molecule has 2 aromatic heterocycles. The molecule has 0 atom stereocenters. The van der Waals surface area contributed by atoms with Crippen molar-refractivity contribution in [2.24, 2.45) is 0 Å². The molecule has 0 spiro atoms. The molecule has 0 unspecified atom stereocenters. The van der Waals surface area contributed by atoms with Gasteiger partial charge in [0.25, 0.3) is 0 Å². The van der Waals surface area contributed by atoms with E-state index >= 15 is 0 Å². The normalized spacial score (nSPS) is 12.3. The molecule has 0 radical (unpaired) electrons. The molecule has 4 nitrogen and oxygen atoms in total. The molecule has 0 saturated heterocycles. The first kappa shape index (κ1) is 15.4. The molecule has 0 aliphatic carbocycles. The molecule has 110 valence electrons. The molecule has 0 saturated carbocycles. The summed E-state index contributed by atoms with van der Waals surface area (Å²) in [5.41, 5.74) is 1.64. The number of hydrogen-bond donors (Lipinski definition) is 1. The average Bonchev–Trinajstić information content (AvgIpc) is 2.90. The highest BCUT2D eigenvalue weighted by atomic mass is 35.5. The topological polar surface area (TPSA) is 42.2 Å². The molecule has 0 fully saturated rings. The van der Waals surface area contributed by atoms with Crippen LogP contribution in [0.15, 0.2) is 18.5 Å². The summed E-state index contributed by atoms with van der Waals surface area (Å²) in [6, 6.07) is 2.06. The van der Waals surface area contributed by atoms with E-state index in [1.54, 1.807) is 6.20 Å². The van der Waals surface area contributed by atoms with E-state index in [0.717, 1.165) is 23.4 Å². The van der Waals surface area contributed by atoms with Gasteiger partial charge in [0.1, 0.15) is 5.52 Å². The summed E-state index contributed by atoms with van der Waals surface area (Å²) in [5.74, 6) is 2.01. The lowest BCUT2D eigenvalue weighted by Crippen LogP contribution is -2.42. The summed E-state index contributed by atoms with van der Waals surface area (Å²) < 4.78 is 1.84. The van der Waals surface area contributed by atoms with Gasteiger partial charge in [0.15, 0.2) is 5.82 Å². The van der Waals surface area contributed by atoms with Crippen molar-refractivity contribution in [3.63, 3.8) is 0 Å². The zero-order valence-corrected chi connectivity index (χ0v) is 13.5. The van der Waals surface area contributed by atoms with Crippen LogP contribution in [0.2, 0.25) is 0 Å². The SMILES string of the molecule is CCC(CCl)(CCl)Nc1nccn2nc(C(C)C)cc12. The molecule has 0 aromatic carbocycles. The fraction of sp³-hybridized carbons (Fsp3) is 0.571. The van der Waals surface area contributed by atoms with Crippen LogP contribution in [0.5, 0.6) is 0 Å². The highest BCUT2D eigenvalue weighted by Crippen LogP contribution is 2.25. The number of nitrogens with zero attached hydrogens (tertiary/aromatic N) is 3. The number of anilines is 1. The van der Waals surface area contributed by atoms with Crippen LogP contribution in [-0.2, 0) is 0 Å². The molecule has 6 heteroatoms. The van der Waals surface area contributed by atoms with Gasteiger partial charge in [-0.2, -0.15) is 5.10 Å². The molecule has 0 amide bonds. The van der Waals surface area contributed by atoms with Crippen LogP contribution < -0.4 is 5.32 Å². The molecule has 1 N–H and O–H groups in total.